The fourth-order valence-electron chi connectivity index (χ4n) is 2.51. The topological polar surface area (TPSA) is 88.1 Å². The molecule has 1 fully saturated rings. The largest absolute Gasteiger partial charge is 0.491 e. The summed E-state index contributed by atoms with van der Waals surface area (Å²) in [7, 11) is 1.62. The van der Waals surface area contributed by atoms with Gasteiger partial charge in [-0.2, -0.15) is 0 Å². The molecule has 1 unspecified atom stereocenters. The van der Waals surface area contributed by atoms with E-state index in [2.05, 4.69) is 5.32 Å². The summed E-state index contributed by atoms with van der Waals surface area (Å²) in [4.78, 5) is 24.7. The summed E-state index contributed by atoms with van der Waals surface area (Å²) >= 11 is 0. The van der Waals surface area contributed by atoms with Gasteiger partial charge < -0.3 is 19.9 Å². The zero-order chi connectivity index (χ0) is 16.7. The number of rotatable bonds is 8. The molecule has 2 rings (SSSR count). The van der Waals surface area contributed by atoms with E-state index in [-0.39, 0.29) is 12.3 Å². The first-order chi connectivity index (χ1) is 11.1. The summed E-state index contributed by atoms with van der Waals surface area (Å²) in [6.45, 7) is 2.72. The molecule has 1 atom stereocenters. The second kappa shape index (κ2) is 8.50. The van der Waals surface area contributed by atoms with Gasteiger partial charge in [-0.15, -0.1) is 0 Å². The summed E-state index contributed by atoms with van der Waals surface area (Å²) in [5.74, 6) is -0.443. The molecule has 0 bridgehead atoms. The highest BCUT2D eigenvalue weighted by atomic mass is 16.5. The van der Waals surface area contributed by atoms with Crippen LogP contribution < -0.4 is 10.1 Å². The van der Waals surface area contributed by atoms with Gasteiger partial charge in [0, 0.05) is 26.7 Å². The van der Waals surface area contributed by atoms with E-state index in [0.29, 0.717) is 32.8 Å². The summed E-state index contributed by atoms with van der Waals surface area (Å²) < 4.78 is 10.4. The standard InChI is InChI=1S/C16H22N2O5/c1-22-8-9-23-13-4-2-12(3-5-13)11-18-7-6-17-16(21)14(18)10-15(19)20/h2-5,14H,6-11H2,1H3,(H,17,21)(H,19,20). The minimum atomic E-state index is -0.973. The molecule has 0 saturated carbocycles. The average Bonchev–Trinajstić information content (AvgIpc) is 2.52. The van der Waals surface area contributed by atoms with Crippen molar-refractivity contribution >= 4 is 11.9 Å². The SMILES string of the molecule is COCCOc1ccc(CN2CCNC(=O)C2CC(=O)O)cc1. The van der Waals surface area contributed by atoms with Crippen LogP contribution in [0.3, 0.4) is 0 Å². The van der Waals surface area contributed by atoms with Gasteiger partial charge in [0.15, 0.2) is 0 Å². The maximum absolute atomic E-state index is 11.9. The zero-order valence-corrected chi connectivity index (χ0v) is 13.2. The van der Waals surface area contributed by atoms with Crippen LogP contribution in [0.5, 0.6) is 5.75 Å². The Morgan fingerprint density at radius 2 is 2.09 bits per heavy atom. The van der Waals surface area contributed by atoms with Crippen LogP contribution in [-0.4, -0.2) is 61.3 Å². The summed E-state index contributed by atoms with van der Waals surface area (Å²) in [5, 5.41) is 11.7. The van der Waals surface area contributed by atoms with E-state index in [4.69, 9.17) is 14.6 Å². The molecule has 0 radical (unpaired) electrons. The molecule has 1 amide bonds. The zero-order valence-electron chi connectivity index (χ0n) is 13.2. The number of carbonyl (C=O) groups is 2. The van der Waals surface area contributed by atoms with Crippen molar-refractivity contribution in [1.29, 1.82) is 0 Å². The summed E-state index contributed by atoms with van der Waals surface area (Å²) in [5.41, 5.74) is 1.01. The molecule has 7 heteroatoms. The number of hydrogen-bond donors (Lipinski definition) is 2. The van der Waals surface area contributed by atoms with Crippen molar-refractivity contribution in [1.82, 2.24) is 10.2 Å². The van der Waals surface area contributed by atoms with E-state index in [1.54, 1.807) is 7.11 Å². The Morgan fingerprint density at radius 3 is 2.74 bits per heavy atom. The first kappa shape index (κ1) is 17.2. The molecule has 126 valence electrons. The Balaban J connectivity index is 1.96. The first-order valence-electron chi connectivity index (χ1n) is 7.54. The number of amides is 1. The summed E-state index contributed by atoms with van der Waals surface area (Å²) in [6, 6.07) is 6.94. The highest BCUT2D eigenvalue weighted by Gasteiger charge is 2.31. The van der Waals surface area contributed by atoms with Crippen LogP contribution in [-0.2, 0) is 20.9 Å². The number of aliphatic carboxylic acids is 1. The number of piperazine rings is 1. The van der Waals surface area contributed by atoms with Crippen LogP contribution in [0.15, 0.2) is 24.3 Å². The van der Waals surface area contributed by atoms with Gasteiger partial charge in [-0.25, -0.2) is 0 Å². The van der Waals surface area contributed by atoms with E-state index in [1.165, 1.54) is 0 Å². The Hall–Kier alpha value is -2.12. The number of nitrogens with zero attached hydrogens (tertiary/aromatic N) is 1. The average molecular weight is 322 g/mol. The van der Waals surface area contributed by atoms with Gasteiger partial charge in [0.05, 0.1) is 13.0 Å². The van der Waals surface area contributed by atoms with E-state index in [1.807, 2.05) is 29.2 Å². The lowest BCUT2D eigenvalue weighted by atomic mass is 10.1. The Morgan fingerprint density at radius 1 is 1.35 bits per heavy atom. The van der Waals surface area contributed by atoms with Crippen LogP contribution in [0.4, 0.5) is 0 Å². The van der Waals surface area contributed by atoms with Crippen LogP contribution in [0, 0.1) is 0 Å². The Bertz CT molecular complexity index is 532. The van der Waals surface area contributed by atoms with Crippen LogP contribution in [0.2, 0.25) is 0 Å². The number of carbonyl (C=O) groups excluding carboxylic acids is 1. The van der Waals surface area contributed by atoms with E-state index >= 15 is 0 Å². The number of hydrogen-bond acceptors (Lipinski definition) is 5. The Kier molecular flexibility index (Phi) is 6.37. The quantitative estimate of drug-likeness (QED) is 0.677. The van der Waals surface area contributed by atoms with Crippen LogP contribution >= 0.6 is 0 Å². The van der Waals surface area contributed by atoms with E-state index < -0.39 is 12.0 Å². The lowest BCUT2D eigenvalue weighted by Crippen LogP contribution is -2.55. The van der Waals surface area contributed by atoms with Crippen LogP contribution in [0.1, 0.15) is 12.0 Å². The van der Waals surface area contributed by atoms with Gasteiger partial charge in [-0.1, -0.05) is 12.1 Å². The maximum Gasteiger partial charge on any atom is 0.305 e. The molecule has 23 heavy (non-hydrogen) atoms. The molecule has 2 N–H and O–H groups in total. The number of ether oxygens (including phenoxy) is 2. The lowest BCUT2D eigenvalue weighted by molar-refractivity contribution is -0.143. The van der Waals surface area contributed by atoms with Gasteiger partial charge in [-0.3, -0.25) is 14.5 Å². The molecule has 0 aliphatic carbocycles. The minimum Gasteiger partial charge on any atom is -0.491 e. The van der Waals surface area contributed by atoms with Gasteiger partial charge in [0.2, 0.25) is 5.91 Å². The fourth-order valence-corrected chi connectivity index (χ4v) is 2.51. The molecule has 7 nitrogen and oxygen atoms in total. The molecular weight excluding hydrogens is 300 g/mol. The lowest BCUT2D eigenvalue weighted by Gasteiger charge is -2.34. The normalized spacial score (nSPS) is 18.5. The highest BCUT2D eigenvalue weighted by molar-refractivity contribution is 5.86. The molecular formula is C16H22N2O5. The predicted octanol–water partition coefficient (Wildman–Crippen LogP) is 0.487. The van der Waals surface area contributed by atoms with Crippen molar-refractivity contribution in [3.8, 4) is 5.75 Å². The minimum absolute atomic E-state index is 0.190. The second-order valence-corrected chi connectivity index (χ2v) is 5.36. The molecule has 1 aromatic rings. The molecule has 1 aromatic carbocycles. The monoisotopic (exact) mass is 322 g/mol. The number of methoxy groups -OCH3 is 1. The number of benzene rings is 1. The fraction of sp³-hybridized carbons (Fsp3) is 0.500. The molecule has 0 aromatic heterocycles. The van der Waals surface area contributed by atoms with Crippen molar-refractivity contribution in [3.05, 3.63) is 29.8 Å². The maximum atomic E-state index is 11.9. The predicted molar refractivity (Wildman–Crippen MR) is 83.3 cm³/mol. The van der Waals surface area contributed by atoms with Crippen molar-refractivity contribution in [3.63, 3.8) is 0 Å². The summed E-state index contributed by atoms with van der Waals surface area (Å²) in [6.07, 6.45) is -0.190. The number of carboxylic acid groups (broad SMARTS) is 1. The van der Waals surface area contributed by atoms with Crippen molar-refractivity contribution in [2.75, 3.05) is 33.4 Å². The smallest absolute Gasteiger partial charge is 0.305 e. The number of nitrogens with one attached hydrogen (secondary N) is 1. The Labute approximate surface area is 135 Å². The van der Waals surface area contributed by atoms with Crippen molar-refractivity contribution in [2.24, 2.45) is 0 Å². The van der Waals surface area contributed by atoms with Gasteiger partial charge in [-0.05, 0) is 17.7 Å². The second-order valence-electron chi connectivity index (χ2n) is 5.36. The third kappa shape index (κ3) is 5.22. The molecule has 1 heterocycles. The van der Waals surface area contributed by atoms with E-state index in [9.17, 15) is 9.59 Å². The third-order valence-electron chi connectivity index (χ3n) is 3.67. The molecule has 1 saturated heterocycles. The van der Waals surface area contributed by atoms with Gasteiger partial charge in [0.25, 0.3) is 0 Å². The van der Waals surface area contributed by atoms with Gasteiger partial charge >= 0.3 is 5.97 Å². The molecule has 1 aliphatic rings. The molecule has 1 aliphatic heterocycles. The van der Waals surface area contributed by atoms with Crippen molar-refractivity contribution in [2.45, 2.75) is 19.0 Å². The van der Waals surface area contributed by atoms with Crippen molar-refractivity contribution < 1.29 is 24.2 Å². The third-order valence-corrected chi connectivity index (χ3v) is 3.67. The highest BCUT2D eigenvalue weighted by Crippen LogP contribution is 2.17. The number of carboxylic acids is 1. The van der Waals surface area contributed by atoms with Gasteiger partial charge in [0.1, 0.15) is 18.4 Å². The molecule has 0 spiro atoms. The van der Waals surface area contributed by atoms with E-state index in [0.717, 1.165) is 11.3 Å². The van der Waals surface area contributed by atoms with Crippen LogP contribution in [0.25, 0.3) is 0 Å². The first-order valence-corrected chi connectivity index (χ1v) is 7.54.